The Kier molecular flexibility index (Phi) is 4.69. The van der Waals surface area contributed by atoms with Crippen LogP contribution in [0.5, 0.6) is 0 Å². The number of carbonyl (C=O) groups excluding carboxylic acids is 1. The molecule has 5 heteroatoms. The second kappa shape index (κ2) is 5.82. The summed E-state index contributed by atoms with van der Waals surface area (Å²) in [6, 6.07) is -0.393. The van der Waals surface area contributed by atoms with Crippen molar-refractivity contribution in [1.82, 2.24) is 0 Å². The number of aliphatic imine (C=N–C) groups is 1. The first-order chi connectivity index (χ1) is 7.95. The molecule has 1 heterocycles. The Morgan fingerprint density at radius 1 is 1.65 bits per heavy atom. The third-order valence-corrected chi connectivity index (χ3v) is 2.47. The van der Waals surface area contributed by atoms with Gasteiger partial charge in [0.2, 0.25) is 0 Å². The molecule has 96 valence electrons. The zero-order valence-corrected chi connectivity index (χ0v) is 10.6. The van der Waals surface area contributed by atoms with Crippen molar-refractivity contribution in [2.24, 2.45) is 4.99 Å². The number of hydrogen-bond donors (Lipinski definition) is 1. The van der Waals surface area contributed by atoms with E-state index in [1.807, 2.05) is 6.92 Å². The maximum atomic E-state index is 11.0. The molecule has 1 aliphatic heterocycles. The van der Waals surface area contributed by atoms with Gasteiger partial charge >= 0.3 is 5.97 Å². The van der Waals surface area contributed by atoms with Crippen LogP contribution in [0, 0.1) is 0 Å². The molecule has 0 aromatic carbocycles. The van der Waals surface area contributed by atoms with Gasteiger partial charge in [-0.3, -0.25) is 4.79 Å². The van der Waals surface area contributed by atoms with Gasteiger partial charge in [0.1, 0.15) is 12.1 Å². The third-order valence-electron chi connectivity index (χ3n) is 2.47. The minimum absolute atomic E-state index is 0.378. The Morgan fingerprint density at radius 2 is 2.29 bits per heavy atom. The molecule has 5 nitrogen and oxygen atoms in total. The molecule has 0 saturated heterocycles. The Labute approximate surface area is 101 Å². The average Bonchev–Trinajstić information content (AvgIpc) is 2.59. The minimum Gasteiger partial charge on any atom is -0.473 e. The highest BCUT2D eigenvalue weighted by Gasteiger charge is 2.39. The zero-order chi connectivity index (χ0) is 13.0. The standard InChI is InChI=1S/C12H19NO4/c1-5-6-10(17-9(4)15)11-12(7(2)14)16-8(3)13-11/h5-7,10-12,14H,1-4H3/b6-5+/t7-,10-,11-,12-/m0/s1. The van der Waals surface area contributed by atoms with Crippen molar-refractivity contribution in [2.45, 2.75) is 52.0 Å². The summed E-state index contributed by atoms with van der Waals surface area (Å²) in [5.74, 6) is 0.125. The first kappa shape index (κ1) is 13.7. The molecule has 17 heavy (non-hydrogen) atoms. The van der Waals surface area contributed by atoms with Crippen LogP contribution in [0.1, 0.15) is 27.7 Å². The smallest absolute Gasteiger partial charge is 0.303 e. The van der Waals surface area contributed by atoms with Crippen LogP contribution in [-0.4, -0.2) is 41.3 Å². The molecule has 0 amide bonds. The van der Waals surface area contributed by atoms with Gasteiger partial charge in [-0.1, -0.05) is 6.08 Å². The van der Waals surface area contributed by atoms with Crippen LogP contribution >= 0.6 is 0 Å². The van der Waals surface area contributed by atoms with Gasteiger partial charge in [-0.15, -0.1) is 0 Å². The van der Waals surface area contributed by atoms with Gasteiger partial charge in [0.25, 0.3) is 0 Å². The molecule has 0 fully saturated rings. The summed E-state index contributed by atoms with van der Waals surface area (Å²) in [7, 11) is 0. The fraction of sp³-hybridized carbons (Fsp3) is 0.667. The van der Waals surface area contributed by atoms with Gasteiger partial charge in [0.15, 0.2) is 12.0 Å². The molecule has 1 aliphatic rings. The zero-order valence-electron chi connectivity index (χ0n) is 10.6. The van der Waals surface area contributed by atoms with Gasteiger partial charge in [-0.25, -0.2) is 4.99 Å². The van der Waals surface area contributed by atoms with E-state index >= 15 is 0 Å². The lowest BCUT2D eigenvalue weighted by molar-refractivity contribution is -0.146. The van der Waals surface area contributed by atoms with Crippen molar-refractivity contribution >= 4 is 11.9 Å². The number of carbonyl (C=O) groups is 1. The topological polar surface area (TPSA) is 68.1 Å². The van der Waals surface area contributed by atoms with E-state index in [1.165, 1.54) is 6.92 Å². The second-order valence-electron chi connectivity index (χ2n) is 4.06. The molecule has 0 unspecified atom stereocenters. The Morgan fingerprint density at radius 3 is 2.76 bits per heavy atom. The minimum atomic E-state index is -0.676. The van der Waals surface area contributed by atoms with Crippen molar-refractivity contribution in [3.05, 3.63) is 12.2 Å². The molecule has 0 saturated carbocycles. The van der Waals surface area contributed by atoms with Crippen LogP contribution < -0.4 is 0 Å². The highest BCUT2D eigenvalue weighted by atomic mass is 16.6. The molecule has 0 radical (unpaired) electrons. The molecular weight excluding hydrogens is 222 g/mol. The lowest BCUT2D eigenvalue weighted by atomic mass is 10.0. The molecule has 0 spiro atoms. The van der Waals surface area contributed by atoms with Gasteiger partial charge in [-0.2, -0.15) is 0 Å². The van der Waals surface area contributed by atoms with Crippen LogP contribution in [0.25, 0.3) is 0 Å². The molecule has 1 N–H and O–H groups in total. The van der Waals surface area contributed by atoms with Crippen molar-refractivity contribution in [3.8, 4) is 0 Å². The third kappa shape index (κ3) is 3.56. The van der Waals surface area contributed by atoms with E-state index in [0.717, 1.165) is 0 Å². The molecule has 0 aromatic heterocycles. The molecule has 0 bridgehead atoms. The highest BCUT2D eigenvalue weighted by Crippen LogP contribution is 2.22. The van der Waals surface area contributed by atoms with Crippen LogP contribution in [0.3, 0.4) is 0 Å². The van der Waals surface area contributed by atoms with Gasteiger partial charge in [0.05, 0.1) is 6.10 Å². The fourth-order valence-corrected chi connectivity index (χ4v) is 1.83. The van der Waals surface area contributed by atoms with Crippen LogP contribution in [0.2, 0.25) is 0 Å². The lowest BCUT2D eigenvalue weighted by Gasteiger charge is -2.25. The van der Waals surface area contributed by atoms with E-state index in [2.05, 4.69) is 4.99 Å². The number of nitrogens with zero attached hydrogens (tertiary/aromatic N) is 1. The van der Waals surface area contributed by atoms with Gasteiger partial charge < -0.3 is 14.6 Å². The average molecular weight is 241 g/mol. The summed E-state index contributed by atoms with van der Waals surface area (Å²) >= 11 is 0. The van der Waals surface area contributed by atoms with Gasteiger partial charge in [-0.05, 0) is 19.9 Å². The molecular formula is C12H19NO4. The fourth-order valence-electron chi connectivity index (χ4n) is 1.83. The first-order valence-corrected chi connectivity index (χ1v) is 5.65. The Hall–Kier alpha value is -1.36. The number of aliphatic hydroxyl groups excluding tert-OH is 1. The number of rotatable bonds is 4. The quantitative estimate of drug-likeness (QED) is 0.590. The van der Waals surface area contributed by atoms with Crippen LogP contribution in [-0.2, 0) is 14.3 Å². The van der Waals surface area contributed by atoms with Crippen molar-refractivity contribution in [2.75, 3.05) is 0 Å². The Bertz CT molecular complexity index is 335. The van der Waals surface area contributed by atoms with Crippen LogP contribution in [0.15, 0.2) is 17.1 Å². The lowest BCUT2D eigenvalue weighted by Crippen LogP contribution is -2.41. The summed E-state index contributed by atoms with van der Waals surface area (Å²) in [6.07, 6.45) is 1.87. The molecule has 1 rings (SSSR count). The van der Waals surface area contributed by atoms with Gasteiger partial charge in [0, 0.05) is 13.8 Å². The second-order valence-corrected chi connectivity index (χ2v) is 4.06. The Balaban J connectivity index is 2.87. The van der Waals surface area contributed by atoms with E-state index < -0.39 is 24.4 Å². The summed E-state index contributed by atoms with van der Waals surface area (Å²) in [5.41, 5.74) is 0. The maximum absolute atomic E-state index is 11.0. The number of esters is 1. The summed E-state index contributed by atoms with van der Waals surface area (Å²) in [6.45, 7) is 6.53. The molecule has 0 aliphatic carbocycles. The van der Waals surface area contributed by atoms with E-state index in [4.69, 9.17) is 9.47 Å². The van der Waals surface area contributed by atoms with Crippen molar-refractivity contribution < 1.29 is 19.4 Å². The van der Waals surface area contributed by atoms with Crippen molar-refractivity contribution in [1.29, 1.82) is 0 Å². The SMILES string of the molecule is C/C=C/[C@H](OC(C)=O)[C@@H]1N=C(C)O[C@H]1[C@H](C)O. The first-order valence-electron chi connectivity index (χ1n) is 5.65. The predicted molar refractivity (Wildman–Crippen MR) is 63.8 cm³/mol. The maximum Gasteiger partial charge on any atom is 0.303 e. The molecule has 0 aromatic rings. The largest absolute Gasteiger partial charge is 0.473 e. The summed E-state index contributed by atoms with van der Waals surface area (Å²) in [4.78, 5) is 15.3. The number of hydrogen-bond acceptors (Lipinski definition) is 5. The number of ether oxygens (including phenoxy) is 2. The van der Waals surface area contributed by atoms with E-state index in [0.29, 0.717) is 5.90 Å². The molecule has 4 atom stereocenters. The predicted octanol–water partition coefficient (Wildman–Crippen LogP) is 1.06. The summed E-state index contributed by atoms with van der Waals surface area (Å²) < 4.78 is 10.6. The van der Waals surface area contributed by atoms with Crippen LogP contribution in [0.4, 0.5) is 0 Å². The van der Waals surface area contributed by atoms with E-state index in [9.17, 15) is 9.90 Å². The van der Waals surface area contributed by atoms with E-state index in [1.54, 1.807) is 26.0 Å². The van der Waals surface area contributed by atoms with E-state index in [-0.39, 0.29) is 5.97 Å². The number of allylic oxidation sites excluding steroid dienone is 1. The number of aliphatic hydroxyl groups is 1. The monoisotopic (exact) mass is 241 g/mol. The van der Waals surface area contributed by atoms with Crippen molar-refractivity contribution in [3.63, 3.8) is 0 Å². The normalized spacial score (nSPS) is 27.5. The summed E-state index contributed by atoms with van der Waals surface area (Å²) in [5, 5.41) is 9.63. The highest BCUT2D eigenvalue weighted by molar-refractivity contribution is 5.75.